The molecule has 0 radical (unpaired) electrons. The lowest BCUT2D eigenvalue weighted by atomic mass is 9.86. The average molecular weight is 589 g/mol. The van der Waals surface area contributed by atoms with Crippen molar-refractivity contribution in [2.75, 3.05) is 39.3 Å². The lowest BCUT2D eigenvalue weighted by Gasteiger charge is -2.26. The van der Waals surface area contributed by atoms with Crippen molar-refractivity contribution in [2.24, 2.45) is 0 Å². The van der Waals surface area contributed by atoms with Gasteiger partial charge in [-0.2, -0.15) is 0 Å². The minimum atomic E-state index is -0.921. The van der Waals surface area contributed by atoms with Gasteiger partial charge in [-0.25, -0.2) is 9.59 Å². The zero-order chi connectivity index (χ0) is 30.0. The number of hydrogen-bond donors (Lipinski definition) is 2. The summed E-state index contributed by atoms with van der Waals surface area (Å²) in [6.45, 7) is 7.34. The van der Waals surface area contributed by atoms with Gasteiger partial charge in [-0.15, -0.1) is 0 Å². The highest BCUT2D eigenvalue weighted by Gasteiger charge is 2.28. The average Bonchev–Trinajstić information content (AvgIpc) is 3.39. The first kappa shape index (κ1) is 31.7. The van der Waals surface area contributed by atoms with Crippen molar-refractivity contribution < 1.29 is 19.8 Å². The molecule has 2 fully saturated rings. The molecule has 43 heavy (non-hydrogen) atoms. The lowest BCUT2D eigenvalue weighted by Crippen LogP contribution is -2.30. The topological polar surface area (TPSA) is 81.1 Å². The molecule has 6 nitrogen and oxygen atoms in total. The van der Waals surface area contributed by atoms with Gasteiger partial charge in [0.15, 0.2) is 0 Å². The van der Waals surface area contributed by atoms with Gasteiger partial charge < -0.3 is 20.0 Å². The maximum atomic E-state index is 12.8. The number of aryl methyl sites for hydroxylation is 1. The van der Waals surface area contributed by atoms with Crippen molar-refractivity contribution in [2.45, 2.75) is 109 Å². The fraction of sp³-hybridized carbons (Fsp3) is 0.622. The third-order valence-electron chi connectivity index (χ3n) is 10.1. The van der Waals surface area contributed by atoms with Crippen LogP contribution in [0.2, 0.25) is 0 Å². The number of nitrogens with zero attached hydrogens (tertiary/aromatic N) is 2. The quantitative estimate of drug-likeness (QED) is 0.166. The molecular weight excluding hydrogens is 536 g/mol. The molecule has 5 rings (SSSR count). The molecule has 3 aliphatic rings. The smallest absolute Gasteiger partial charge is 0.336 e. The third kappa shape index (κ3) is 8.48. The SMILES string of the molecule is O=C(O)c1ccc2c(c1)Cc1c-2cc(CCCCCCN2CCCCC2)c(C(=O)O)c1CCCCCCN1CCCCC1. The van der Waals surface area contributed by atoms with Gasteiger partial charge in [0.1, 0.15) is 0 Å². The van der Waals surface area contributed by atoms with E-state index in [2.05, 4.69) is 15.9 Å². The van der Waals surface area contributed by atoms with Gasteiger partial charge in [-0.3, -0.25) is 0 Å². The Bertz CT molecular complexity index is 1240. The summed E-state index contributed by atoms with van der Waals surface area (Å²) in [7, 11) is 0. The van der Waals surface area contributed by atoms with E-state index in [9.17, 15) is 19.8 Å². The number of aromatic carboxylic acids is 2. The summed E-state index contributed by atoms with van der Waals surface area (Å²) in [5.74, 6) is -1.74. The van der Waals surface area contributed by atoms with E-state index in [1.165, 1.54) is 103 Å². The number of carbonyl (C=O) groups is 2. The van der Waals surface area contributed by atoms with E-state index >= 15 is 0 Å². The molecular formula is C37H52N2O4. The number of benzene rings is 2. The van der Waals surface area contributed by atoms with Gasteiger partial charge in [0.25, 0.3) is 0 Å². The summed E-state index contributed by atoms with van der Waals surface area (Å²) in [4.78, 5) is 29.6. The summed E-state index contributed by atoms with van der Waals surface area (Å²) < 4.78 is 0. The van der Waals surface area contributed by atoms with E-state index in [0.29, 0.717) is 17.5 Å². The predicted molar refractivity (Wildman–Crippen MR) is 174 cm³/mol. The summed E-state index contributed by atoms with van der Waals surface area (Å²) in [5, 5.41) is 20.1. The molecule has 2 aliphatic heterocycles. The molecule has 0 saturated carbocycles. The second-order valence-corrected chi connectivity index (χ2v) is 13.2. The molecule has 6 heteroatoms. The fourth-order valence-electron chi connectivity index (χ4n) is 7.71. The van der Waals surface area contributed by atoms with Crippen molar-refractivity contribution in [1.82, 2.24) is 9.80 Å². The van der Waals surface area contributed by atoms with Crippen LogP contribution >= 0.6 is 0 Å². The largest absolute Gasteiger partial charge is 0.478 e. The number of piperidine rings is 2. The number of fused-ring (bicyclic) bond motifs is 3. The Hall–Kier alpha value is -2.70. The van der Waals surface area contributed by atoms with Crippen molar-refractivity contribution in [3.63, 3.8) is 0 Å². The number of rotatable bonds is 16. The molecule has 234 valence electrons. The monoisotopic (exact) mass is 588 g/mol. The minimum Gasteiger partial charge on any atom is -0.478 e. The van der Waals surface area contributed by atoms with Gasteiger partial charge in [-0.1, -0.05) is 44.6 Å². The van der Waals surface area contributed by atoms with Gasteiger partial charge in [0.2, 0.25) is 0 Å². The van der Waals surface area contributed by atoms with Crippen LogP contribution in [0.15, 0.2) is 24.3 Å². The van der Waals surface area contributed by atoms with Crippen LogP contribution in [-0.4, -0.2) is 71.2 Å². The Kier molecular flexibility index (Phi) is 11.7. The molecule has 0 spiro atoms. The van der Waals surface area contributed by atoms with Crippen molar-refractivity contribution >= 4 is 11.9 Å². The summed E-state index contributed by atoms with van der Waals surface area (Å²) in [6, 6.07) is 7.52. The standard InChI is InChI=1S/C37H52N2O4/c40-36(41)29-17-18-31-30(25-29)27-34-32(16-8-2-4-10-20-39-23-13-6-14-24-39)35(37(42)43)28(26-33(31)34)15-7-1-3-9-19-38-21-11-5-12-22-38/h17-18,25-26H,1-16,19-24,27H2,(H,40,41)(H,42,43). The first-order valence-corrected chi connectivity index (χ1v) is 17.2. The summed E-state index contributed by atoms with van der Waals surface area (Å²) in [6.07, 6.45) is 19.3. The molecule has 0 aromatic heterocycles. The van der Waals surface area contributed by atoms with E-state index < -0.39 is 11.9 Å². The van der Waals surface area contributed by atoms with E-state index in [1.807, 2.05) is 6.07 Å². The molecule has 1 aliphatic carbocycles. The first-order valence-electron chi connectivity index (χ1n) is 17.2. The van der Waals surface area contributed by atoms with Crippen LogP contribution in [0, 0.1) is 0 Å². The Morgan fingerprint density at radius 3 is 1.79 bits per heavy atom. The fourth-order valence-corrected chi connectivity index (χ4v) is 7.71. The Balaban J connectivity index is 1.25. The number of hydrogen-bond acceptors (Lipinski definition) is 4. The molecule has 2 N–H and O–H groups in total. The van der Waals surface area contributed by atoms with Crippen LogP contribution in [0.1, 0.15) is 133 Å². The van der Waals surface area contributed by atoms with Gasteiger partial charge in [0.05, 0.1) is 11.1 Å². The van der Waals surface area contributed by atoms with E-state index in [4.69, 9.17) is 0 Å². The molecule has 2 aromatic rings. The van der Waals surface area contributed by atoms with E-state index in [-0.39, 0.29) is 0 Å². The second kappa shape index (κ2) is 15.9. The predicted octanol–water partition coefficient (Wildman–Crippen LogP) is 7.83. The van der Waals surface area contributed by atoms with Crippen LogP contribution in [0.3, 0.4) is 0 Å². The highest BCUT2D eigenvalue weighted by atomic mass is 16.4. The number of carboxylic acid groups (broad SMARTS) is 2. The molecule has 2 saturated heterocycles. The molecule has 0 atom stereocenters. The maximum absolute atomic E-state index is 12.8. The molecule has 2 heterocycles. The van der Waals surface area contributed by atoms with Crippen molar-refractivity contribution in [1.29, 1.82) is 0 Å². The zero-order valence-electron chi connectivity index (χ0n) is 26.2. The minimum absolute atomic E-state index is 0.296. The van der Waals surface area contributed by atoms with Crippen LogP contribution in [0.5, 0.6) is 0 Å². The molecule has 2 aromatic carbocycles. The zero-order valence-corrected chi connectivity index (χ0v) is 26.2. The van der Waals surface area contributed by atoms with Crippen LogP contribution in [-0.2, 0) is 19.3 Å². The molecule has 0 bridgehead atoms. The third-order valence-corrected chi connectivity index (χ3v) is 10.1. The Morgan fingerprint density at radius 2 is 1.21 bits per heavy atom. The Labute approximate surface area is 258 Å². The van der Waals surface area contributed by atoms with Crippen LogP contribution in [0.4, 0.5) is 0 Å². The van der Waals surface area contributed by atoms with Crippen molar-refractivity contribution in [3.8, 4) is 11.1 Å². The summed E-state index contributed by atoms with van der Waals surface area (Å²) >= 11 is 0. The van der Waals surface area contributed by atoms with Crippen molar-refractivity contribution in [3.05, 3.63) is 57.6 Å². The molecule has 0 unspecified atom stereocenters. The van der Waals surface area contributed by atoms with Crippen LogP contribution in [0.25, 0.3) is 11.1 Å². The normalized spacial score (nSPS) is 17.1. The number of likely N-dealkylation sites (tertiary alicyclic amines) is 2. The van der Waals surface area contributed by atoms with Crippen LogP contribution < -0.4 is 0 Å². The Morgan fingerprint density at radius 1 is 0.628 bits per heavy atom. The molecule has 0 amide bonds. The highest BCUT2D eigenvalue weighted by Crippen LogP contribution is 2.42. The van der Waals surface area contributed by atoms with E-state index in [1.54, 1.807) is 12.1 Å². The van der Waals surface area contributed by atoms with Gasteiger partial charge in [-0.05, 0) is 161 Å². The number of unbranched alkanes of at least 4 members (excludes halogenated alkanes) is 6. The van der Waals surface area contributed by atoms with Gasteiger partial charge in [0, 0.05) is 0 Å². The second-order valence-electron chi connectivity index (χ2n) is 13.2. The number of carboxylic acids is 2. The summed E-state index contributed by atoms with van der Waals surface area (Å²) in [5.41, 5.74) is 7.07. The highest BCUT2D eigenvalue weighted by molar-refractivity contribution is 5.95. The lowest BCUT2D eigenvalue weighted by molar-refractivity contribution is 0.0684. The van der Waals surface area contributed by atoms with E-state index in [0.717, 1.165) is 71.9 Å². The van der Waals surface area contributed by atoms with Gasteiger partial charge >= 0.3 is 11.9 Å². The first-order chi connectivity index (χ1) is 21.0. The maximum Gasteiger partial charge on any atom is 0.336 e.